The van der Waals surface area contributed by atoms with Crippen molar-refractivity contribution >= 4 is 29.1 Å². The Morgan fingerprint density at radius 3 is 2.75 bits per heavy atom. The quantitative estimate of drug-likeness (QED) is 0.847. The molecule has 0 saturated heterocycles. The maximum atomic E-state index is 13.4. The summed E-state index contributed by atoms with van der Waals surface area (Å²) in [6.07, 6.45) is 0. The Balaban J connectivity index is 2.17. The van der Waals surface area contributed by atoms with Gasteiger partial charge in [0, 0.05) is 19.2 Å². The topological polar surface area (TPSA) is 29.0 Å². The fraction of sp³-hybridized carbons (Fsp3) is 0.200. The third-order valence-corrected chi connectivity index (χ3v) is 3.03. The van der Waals surface area contributed by atoms with Crippen molar-refractivity contribution < 1.29 is 4.39 Å². The van der Waals surface area contributed by atoms with E-state index in [1.54, 1.807) is 30.1 Å². The Morgan fingerprint density at radius 1 is 1.38 bits per heavy atom. The molecule has 84 valence electrons. The van der Waals surface area contributed by atoms with Crippen LogP contribution in [0.25, 0.3) is 0 Å². The highest BCUT2D eigenvalue weighted by molar-refractivity contribution is 6.99. The molecule has 0 unspecified atom stereocenters. The van der Waals surface area contributed by atoms with Crippen LogP contribution in [-0.4, -0.2) is 15.8 Å². The maximum absolute atomic E-state index is 13.4. The lowest BCUT2D eigenvalue weighted by Crippen LogP contribution is -2.17. The number of aromatic nitrogens is 2. The molecule has 0 amide bonds. The predicted octanol–water partition coefficient (Wildman–Crippen LogP) is 2.97. The average molecular weight is 258 g/mol. The molecule has 6 heteroatoms. The zero-order chi connectivity index (χ0) is 11.5. The molecule has 3 nitrogen and oxygen atoms in total. The van der Waals surface area contributed by atoms with E-state index in [0.717, 1.165) is 11.7 Å². The second-order valence-corrected chi connectivity index (χ2v) is 4.21. The SMILES string of the molecule is CN(Cc1ccccc1F)c1nsnc1Cl. The third kappa shape index (κ3) is 2.31. The van der Waals surface area contributed by atoms with E-state index in [1.165, 1.54) is 6.07 Å². The molecule has 1 aromatic heterocycles. The van der Waals surface area contributed by atoms with E-state index in [4.69, 9.17) is 11.6 Å². The van der Waals surface area contributed by atoms with Gasteiger partial charge in [0.1, 0.15) is 5.82 Å². The number of rotatable bonds is 3. The highest BCUT2D eigenvalue weighted by Gasteiger charge is 2.12. The molecule has 0 aliphatic heterocycles. The fourth-order valence-electron chi connectivity index (χ4n) is 1.36. The van der Waals surface area contributed by atoms with Crippen molar-refractivity contribution in [2.45, 2.75) is 6.54 Å². The van der Waals surface area contributed by atoms with Crippen molar-refractivity contribution in [2.75, 3.05) is 11.9 Å². The van der Waals surface area contributed by atoms with Crippen LogP contribution in [0.3, 0.4) is 0 Å². The van der Waals surface area contributed by atoms with Crippen LogP contribution in [0.4, 0.5) is 10.2 Å². The molecule has 0 aliphatic rings. The molecule has 0 aliphatic carbocycles. The highest BCUT2D eigenvalue weighted by Crippen LogP contribution is 2.23. The van der Waals surface area contributed by atoms with Gasteiger partial charge in [-0.15, -0.1) is 0 Å². The number of benzene rings is 1. The van der Waals surface area contributed by atoms with Crippen LogP contribution < -0.4 is 4.90 Å². The minimum absolute atomic E-state index is 0.228. The van der Waals surface area contributed by atoms with Crippen LogP contribution in [-0.2, 0) is 6.54 Å². The number of anilines is 1. The van der Waals surface area contributed by atoms with Gasteiger partial charge in [0.25, 0.3) is 0 Å². The van der Waals surface area contributed by atoms with E-state index in [9.17, 15) is 4.39 Å². The Labute approximate surface area is 102 Å². The summed E-state index contributed by atoms with van der Waals surface area (Å²) < 4.78 is 21.3. The van der Waals surface area contributed by atoms with Gasteiger partial charge in [-0.25, -0.2) is 4.39 Å². The Hall–Kier alpha value is -1.20. The standard InChI is InChI=1S/C10H9ClFN3S/c1-15(10-9(11)13-16-14-10)6-7-4-2-3-5-8(7)12/h2-5H,6H2,1H3. The molecule has 0 fully saturated rings. The number of nitrogens with zero attached hydrogens (tertiary/aromatic N) is 3. The molecule has 0 N–H and O–H groups in total. The van der Waals surface area contributed by atoms with Crippen LogP contribution >= 0.6 is 23.3 Å². The zero-order valence-electron chi connectivity index (χ0n) is 8.52. The summed E-state index contributed by atoms with van der Waals surface area (Å²) in [5, 5.41) is 0.351. The molecular formula is C10H9ClFN3S. The van der Waals surface area contributed by atoms with E-state index >= 15 is 0 Å². The van der Waals surface area contributed by atoms with Gasteiger partial charge >= 0.3 is 0 Å². The average Bonchev–Trinajstić information content (AvgIpc) is 2.68. The van der Waals surface area contributed by atoms with Gasteiger partial charge in [0.05, 0.1) is 11.7 Å². The summed E-state index contributed by atoms with van der Waals surface area (Å²) in [6.45, 7) is 0.414. The van der Waals surface area contributed by atoms with Crippen LogP contribution in [0.15, 0.2) is 24.3 Å². The summed E-state index contributed by atoms with van der Waals surface area (Å²) in [4.78, 5) is 1.77. The Morgan fingerprint density at radius 2 is 2.12 bits per heavy atom. The van der Waals surface area contributed by atoms with Crippen LogP contribution in [0.1, 0.15) is 5.56 Å². The summed E-state index contributed by atoms with van der Waals surface area (Å²) in [5.74, 6) is 0.351. The van der Waals surface area contributed by atoms with Gasteiger partial charge in [-0.1, -0.05) is 29.8 Å². The van der Waals surface area contributed by atoms with Gasteiger partial charge in [-0.2, -0.15) is 8.75 Å². The third-order valence-electron chi connectivity index (χ3n) is 2.16. The van der Waals surface area contributed by atoms with Crippen molar-refractivity contribution in [3.05, 3.63) is 40.8 Å². The van der Waals surface area contributed by atoms with Gasteiger partial charge in [-0.3, -0.25) is 0 Å². The molecule has 0 bridgehead atoms. The first kappa shape index (κ1) is 11.3. The molecule has 0 radical (unpaired) electrons. The van der Waals surface area contributed by atoms with E-state index in [1.807, 2.05) is 0 Å². The lowest BCUT2D eigenvalue weighted by atomic mass is 10.2. The summed E-state index contributed by atoms with van der Waals surface area (Å²) in [6, 6.07) is 6.63. The molecule has 0 saturated carbocycles. The van der Waals surface area contributed by atoms with Crippen LogP contribution in [0, 0.1) is 5.82 Å². The monoisotopic (exact) mass is 257 g/mol. The first-order chi connectivity index (χ1) is 7.68. The van der Waals surface area contributed by atoms with Gasteiger partial charge in [-0.05, 0) is 6.07 Å². The smallest absolute Gasteiger partial charge is 0.187 e. The van der Waals surface area contributed by atoms with Gasteiger partial charge < -0.3 is 4.90 Å². The van der Waals surface area contributed by atoms with E-state index in [-0.39, 0.29) is 5.82 Å². The molecular weight excluding hydrogens is 249 g/mol. The molecule has 16 heavy (non-hydrogen) atoms. The second kappa shape index (κ2) is 4.76. The molecule has 2 aromatic rings. The number of halogens is 2. The molecule has 0 spiro atoms. The van der Waals surface area contributed by atoms with E-state index in [2.05, 4.69) is 8.75 Å². The van der Waals surface area contributed by atoms with Crippen LogP contribution in [0.5, 0.6) is 0 Å². The fourth-order valence-corrected chi connectivity index (χ4v) is 2.18. The number of hydrogen-bond donors (Lipinski definition) is 0. The minimum Gasteiger partial charge on any atom is -0.352 e. The maximum Gasteiger partial charge on any atom is 0.187 e. The van der Waals surface area contributed by atoms with Gasteiger partial charge in [0.2, 0.25) is 0 Å². The summed E-state index contributed by atoms with van der Waals surface area (Å²) in [5.41, 5.74) is 0.606. The van der Waals surface area contributed by atoms with Crippen molar-refractivity contribution in [3.8, 4) is 0 Å². The number of hydrogen-bond acceptors (Lipinski definition) is 4. The molecule has 2 rings (SSSR count). The van der Waals surface area contributed by atoms with Crippen molar-refractivity contribution in [2.24, 2.45) is 0 Å². The lowest BCUT2D eigenvalue weighted by Gasteiger charge is -2.16. The minimum atomic E-state index is -0.228. The molecule has 1 heterocycles. The van der Waals surface area contributed by atoms with E-state index < -0.39 is 0 Å². The summed E-state index contributed by atoms with van der Waals surface area (Å²) in [7, 11) is 1.80. The highest BCUT2D eigenvalue weighted by atomic mass is 35.5. The van der Waals surface area contributed by atoms with Crippen molar-refractivity contribution in [1.29, 1.82) is 0 Å². The second-order valence-electron chi connectivity index (χ2n) is 3.33. The first-order valence-corrected chi connectivity index (χ1v) is 5.72. The van der Waals surface area contributed by atoms with E-state index in [0.29, 0.717) is 23.1 Å². The first-order valence-electron chi connectivity index (χ1n) is 4.61. The normalized spacial score (nSPS) is 10.4. The van der Waals surface area contributed by atoms with Crippen molar-refractivity contribution in [1.82, 2.24) is 8.75 Å². The predicted molar refractivity (Wildman–Crippen MR) is 63.4 cm³/mol. The largest absolute Gasteiger partial charge is 0.352 e. The molecule has 1 aromatic carbocycles. The Kier molecular flexibility index (Phi) is 3.36. The van der Waals surface area contributed by atoms with Gasteiger partial charge in [0.15, 0.2) is 11.0 Å². The lowest BCUT2D eigenvalue weighted by molar-refractivity contribution is 0.607. The summed E-state index contributed by atoms with van der Waals surface area (Å²) >= 11 is 6.88. The van der Waals surface area contributed by atoms with Crippen LogP contribution in [0.2, 0.25) is 5.15 Å². The molecule has 0 atom stereocenters. The zero-order valence-corrected chi connectivity index (χ0v) is 10.1. The Bertz CT molecular complexity index is 488. The van der Waals surface area contributed by atoms with Crippen molar-refractivity contribution in [3.63, 3.8) is 0 Å².